The van der Waals surface area contributed by atoms with E-state index in [9.17, 15) is 23.3 Å². The number of nitro benzene ring substituents is 1. The number of non-ortho nitro benzene ring substituents is 1. The van der Waals surface area contributed by atoms with Crippen molar-refractivity contribution in [3.63, 3.8) is 0 Å². The zero-order valence-corrected chi connectivity index (χ0v) is 11.8. The molecular formula is C15H10F3N3O2. The lowest BCUT2D eigenvalue weighted by Gasteiger charge is -2.09. The number of nitro groups is 1. The number of benzene rings is 1. The molecule has 118 valence electrons. The molecule has 3 rings (SSSR count). The number of nitrogens with zero attached hydrogens (tertiary/aromatic N) is 3. The molecule has 0 saturated heterocycles. The number of imidazole rings is 1. The van der Waals surface area contributed by atoms with Gasteiger partial charge in [0.25, 0.3) is 5.69 Å². The Morgan fingerprint density at radius 2 is 1.96 bits per heavy atom. The number of aromatic nitrogens is 2. The number of hydrogen-bond donors (Lipinski definition) is 0. The third-order valence-corrected chi connectivity index (χ3v) is 3.38. The van der Waals surface area contributed by atoms with E-state index < -0.39 is 16.8 Å². The molecule has 0 amide bonds. The number of pyridine rings is 1. The molecule has 5 nitrogen and oxygen atoms in total. The molecule has 2 heterocycles. The van der Waals surface area contributed by atoms with E-state index >= 15 is 0 Å². The largest absolute Gasteiger partial charge is 0.433 e. The molecule has 1 aromatic carbocycles. The Hall–Kier alpha value is -2.90. The van der Waals surface area contributed by atoms with Crippen LogP contribution >= 0.6 is 0 Å². The molecule has 0 spiro atoms. The molecule has 0 aliphatic heterocycles. The second kappa shape index (κ2) is 5.08. The molecule has 0 N–H and O–H groups in total. The molecule has 23 heavy (non-hydrogen) atoms. The van der Waals surface area contributed by atoms with Gasteiger partial charge < -0.3 is 0 Å². The lowest BCUT2D eigenvalue weighted by Crippen LogP contribution is -2.10. The van der Waals surface area contributed by atoms with Gasteiger partial charge in [-0.25, -0.2) is 4.98 Å². The van der Waals surface area contributed by atoms with Gasteiger partial charge in [-0.05, 0) is 24.6 Å². The highest BCUT2D eigenvalue weighted by Gasteiger charge is 2.38. The average molecular weight is 321 g/mol. The fourth-order valence-corrected chi connectivity index (χ4v) is 2.39. The number of aryl methyl sites for hydroxylation is 1. The fourth-order valence-electron chi connectivity index (χ4n) is 2.39. The minimum Gasteiger partial charge on any atom is -0.295 e. The molecule has 8 heteroatoms. The Labute approximate surface area is 128 Å². The van der Waals surface area contributed by atoms with E-state index in [1.54, 1.807) is 13.0 Å². The van der Waals surface area contributed by atoms with Crippen LogP contribution in [0.15, 0.2) is 42.6 Å². The summed E-state index contributed by atoms with van der Waals surface area (Å²) in [5, 5.41) is 10.8. The molecule has 0 unspecified atom stereocenters. The molecule has 2 aromatic heterocycles. The Balaban J connectivity index is 2.32. The third kappa shape index (κ3) is 2.63. The van der Waals surface area contributed by atoms with E-state index in [0.717, 1.165) is 16.0 Å². The smallest absolute Gasteiger partial charge is 0.295 e. The maximum Gasteiger partial charge on any atom is 0.433 e. The predicted octanol–water partition coefficient (Wildman–Crippen LogP) is 4.24. The van der Waals surface area contributed by atoms with Crippen molar-refractivity contribution in [2.45, 2.75) is 13.1 Å². The maximum absolute atomic E-state index is 13.5. The summed E-state index contributed by atoms with van der Waals surface area (Å²) in [5.41, 5.74) is -0.614. The van der Waals surface area contributed by atoms with Crippen LogP contribution in [0, 0.1) is 17.0 Å². The van der Waals surface area contributed by atoms with Crippen LogP contribution in [0.2, 0.25) is 0 Å². The van der Waals surface area contributed by atoms with Gasteiger partial charge in [0.1, 0.15) is 11.3 Å². The van der Waals surface area contributed by atoms with E-state index in [2.05, 4.69) is 4.98 Å². The van der Waals surface area contributed by atoms with E-state index in [4.69, 9.17) is 0 Å². The summed E-state index contributed by atoms with van der Waals surface area (Å²) in [7, 11) is 0. The first-order chi connectivity index (χ1) is 10.8. The summed E-state index contributed by atoms with van der Waals surface area (Å²) < 4.78 is 41.3. The van der Waals surface area contributed by atoms with Gasteiger partial charge in [0.05, 0.1) is 4.92 Å². The Bertz CT molecular complexity index is 916. The monoisotopic (exact) mass is 321 g/mol. The normalized spacial score (nSPS) is 11.8. The standard InChI is InChI=1S/C15H10F3N3O2/c1-9-5-6-20-12(7-9)19-13(14(20)15(16,17)18)10-3-2-4-11(8-10)21(22)23/h2-8H,1H3. The van der Waals surface area contributed by atoms with Crippen molar-refractivity contribution in [1.82, 2.24) is 9.38 Å². The van der Waals surface area contributed by atoms with Gasteiger partial charge in [-0.1, -0.05) is 12.1 Å². The topological polar surface area (TPSA) is 60.4 Å². The van der Waals surface area contributed by atoms with Crippen LogP contribution in [0.5, 0.6) is 0 Å². The molecule has 0 aliphatic rings. The van der Waals surface area contributed by atoms with Crippen molar-refractivity contribution < 1.29 is 18.1 Å². The highest BCUT2D eigenvalue weighted by atomic mass is 19.4. The van der Waals surface area contributed by atoms with E-state index in [-0.39, 0.29) is 22.6 Å². The van der Waals surface area contributed by atoms with Crippen LogP contribution < -0.4 is 0 Å². The first-order valence-corrected chi connectivity index (χ1v) is 6.58. The summed E-state index contributed by atoms with van der Waals surface area (Å²) >= 11 is 0. The summed E-state index contributed by atoms with van der Waals surface area (Å²) in [6.07, 6.45) is -3.35. The molecule has 0 bridgehead atoms. The first kappa shape index (κ1) is 15.0. The van der Waals surface area contributed by atoms with Crippen LogP contribution in [0.1, 0.15) is 11.3 Å². The quantitative estimate of drug-likeness (QED) is 0.524. The number of fused-ring (bicyclic) bond motifs is 1. The van der Waals surface area contributed by atoms with Crippen LogP contribution in [-0.2, 0) is 6.18 Å². The average Bonchev–Trinajstić information content (AvgIpc) is 2.85. The minimum atomic E-state index is -4.64. The number of halogens is 3. The molecule has 0 aliphatic carbocycles. The zero-order valence-electron chi connectivity index (χ0n) is 11.8. The summed E-state index contributed by atoms with van der Waals surface area (Å²) in [4.78, 5) is 14.2. The van der Waals surface area contributed by atoms with Crippen LogP contribution in [0.3, 0.4) is 0 Å². The SMILES string of the molecule is Cc1ccn2c(C(F)(F)F)c(-c3cccc([N+](=O)[O-])c3)nc2c1. The minimum absolute atomic E-state index is 0.0490. The molecule has 0 atom stereocenters. The Morgan fingerprint density at radius 3 is 2.61 bits per heavy atom. The fraction of sp³-hybridized carbons (Fsp3) is 0.133. The first-order valence-electron chi connectivity index (χ1n) is 6.58. The van der Waals surface area contributed by atoms with Crippen molar-refractivity contribution in [1.29, 1.82) is 0 Å². The highest BCUT2D eigenvalue weighted by Crippen LogP contribution is 2.38. The van der Waals surface area contributed by atoms with Gasteiger partial charge in [0.15, 0.2) is 5.69 Å². The van der Waals surface area contributed by atoms with E-state index in [1.807, 2.05) is 0 Å². The van der Waals surface area contributed by atoms with Gasteiger partial charge in [0, 0.05) is 23.9 Å². The molecule has 0 fully saturated rings. The number of rotatable bonds is 2. The summed E-state index contributed by atoms with van der Waals surface area (Å²) in [6.45, 7) is 1.75. The van der Waals surface area contributed by atoms with Gasteiger partial charge in [0.2, 0.25) is 0 Å². The highest BCUT2D eigenvalue weighted by molar-refractivity contribution is 5.69. The number of alkyl halides is 3. The van der Waals surface area contributed by atoms with Crippen molar-refractivity contribution in [2.24, 2.45) is 0 Å². The Morgan fingerprint density at radius 1 is 1.22 bits per heavy atom. The maximum atomic E-state index is 13.5. The lowest BCUT2D eigenvalue weighted by molar-refractivity contribution is -0.384. The van der Waals surface area contributed by atoms with Gasteiger partial charge in [-0.2, -0.15) is 13.2 Å². The molecular weight excluding hydrogens is 311 g/mol. The Kier molecular flexibility index (Phi) is 3.32. The van der Waals surface area contributed by atoms with Gasteiger partial charge in [-0.15, -0.1) is 0 Å². The molecule has 3 aromatic rings. The molecule has 0 radical (unpaired) electrons. The van der Waals surface area contributed by atoms with Crippen LogP contribution in [0.4, 0.5) is 18.9 Å². The van der Waals surface area contributed by atoms with E-state index in [0.29, 0.717) is 0 Å². The second-order valence-corrected chi connectivity index (χ2v) is 5.05. The zero-order chi connectivity index (χ0) is 16.8. The van der Waals surface area contributed by atoms with Gasteiger partial charge >= 0.3 is 6.18 Å². The van der Waals surface area contributed by atoms with Crippen molar-refractivity contribution in [2.75, 3.05) is 0 Å². The van der Waals surface area contributed by atoms with Gasteiger partial charge in [-0.3, -0.25) is 14.5 Å². The van der Waals surface area contributed by atoms with Crippen LogP contribution in [-0.4, -0.2) is 14.3 Å². The van der Waals surface area contributed by atoms with Crippen molar-refractivity contribution >= 4 is 11.3 Å². The second-order valence-electron chi connectivity index (χ2n) is 5.05. The predicted molar refractivity (Wildman–Crippen MR) is 77.0 cm³/mol. The summed E-state index contributed by atoms with van der Waals surface area (Å²) in [6, 6.07) is 8.08. The number of hydrogen-bond acceptors (Lipinski definition) is 3. The summed E-state index contributed by atoms with van der Waals surface area (Å²) in [5.74, 6) is 0. The molecule has 0 saturated carbocycles. The van der Waals surface area contributed by atoms with Crippen molar-refractivity contribution in [3.8, 4) is 11.3 Å². The van der Waals surface area contributed by atoms with E-state index in [1.165, 1.54) is 30.5 Å². The van der Waals surface area contributed by atoms with Crippen molar-refractivity contribution in [3.05, 3.63) is 64.0 Å². The van der Waals surface area contributed by atoms with Crippen LogP contribution in [0.25, 0.3) is 16.9 Å². The third-order valence-electron chi connectivity index (χ3n) is 3.38. The lowest BCUT2D eigenvalue weighted by atomic mass is 10.1.